The molecule has 1 atom stereocenters. The molecule has 1 heterocycles. The minimum Gasteiger partial charge on any atom is -0.324 e. The normalized spacial score (nSPS) is 12.5. The molecule has 1 aromatic carbocycles. The van der Waals surface area contributed by atoms with Crippen LogP contribution in [-0.2, 0) is 6.42 Å². The van der Waals surface area contributed by atoms with Crippen molar-refractivity contribution >= 4 is 11.6 Å². The molecule has 0 aliphatic heterocycles. The van der Waals surface area contributed by atoms with Crippen molar-refractivity contribution < 1.29 is 4.39 Å². The zero-order valence-electron chi connectivity index (χ0n) is 11.0. The highest BCUT2D eigenvalue weighted by Crippen LogP contribution is 2.25. The lowest BCUT2D eigenvalue weighted by atomic mass is 9.98. The standard InChI is InChI=1S/C15H16ClFN2/c1-9-6-7-12(10(2)19-9)14(18)8-11-4-3-5-13(17)15(11)16/h3-7,14H,8,18H2,1-2H3. The zero-order valence-corrected chi connectivity index (χ0v) is 11.7. The van der Waals surface area contributed by atoms with Gasteiger partial charge in [0.1, 0.15) is 5.82 Å². The maximum Gasteiger partial charge on any atom is 0.142 e. The molecule has 1 unspecified atom stereocenters. The van der Waals surface area contributed by atoms with E-state index in [1.54, 1.807) is 12.1 Å². The molecule has 19 heavy (non-hydrogen) atoms. The van der Waals surface area contributed by atoms with Crippen LogP contribution in [0.15, 0.2) is 30.3 Å². The van der Waals surface area contributed by atoms with Gasteiger partial charge in [-0.25, -0.2) is 4.39 Å². The minimum absolute atomic E-state index is 0.149. The lowest BCUT2D eigenvalue weighted by Gasteiger charge is -2.15. The van der Waals surface area contributed by atoms with Crippen LogP contribution in [0.3, 0.4) is 0 Å². The Labute approximate surface area is 117 Å². The highest BCUT2D eigenvalue weighted by molar-refractivity contribution is 6.31. The van der Waals surface area contributed by atoms with E-state index in [9.17, 15) is 4.39 Å². The zero-order chi connectivity index (χ0) is 14.0. The Balaban J connectivity index is 2.25. The van der Waals surface area contributed by atoms with Crippen molar-refractivity contribution in [2.75, 3.05) is 0 Å². The number of pyridine rings is 1. The third-order valence-corrected chi connectivity index (χ3v) is 3.56. The number of rotatable bonds is 3. The fourth-order valence-electron chi connectivity index (χ4n) is 2.14. The first-order valence-electron chi connectivity index (χ1n) is 6.11. The Hall–Kier alpha value is -1.45. The van der Waals surface area contributed by atoms with E-state index in [2.05, 4.69) is 4.98 Å². The summed E-state index contributed by atoms with van der Waals surface area (Å²) >= 11 is 5.94. The molecule has 2 rings (SSSR count). The summed E-state index contributed by atoms with van der Waals surface area (Å²) in [6.45, 7) is 3.86. The SMILES string of the molecule is Cc1ccc(C(N)Cc2cccc(F)c2Cl)c(C)n1. The fourth-order valence-corrected chi connectivity index (χ4v) is 2.35. The smallest absolute Gasteiger partial charge is 0.142 e. The van der Waals surface area contributed by atoms with Gasteiger partial charge in [-0.05, 0) is 43.5 Å². The lowest BCUT2D eigenvalue weighted by molar-refractivity contribution is 0.622. The third-order valence-electron chi connectivity index (χ3n) is 3.14. The molecule has 0 fully saturated rings. The predicted octanol–water partition coefficient (Wildman–Crippen LogP) is 3.73. The average Bonchev–Trinajstić information content (AvgIpc) is 2.34. The molecule has 0 saturated carbocycles. The van der Waals surface area contributed by atoms with E-state index in [1.165, 1.54) is 6.07 Å². The van der Waals surface area contributed by atoms with Crippen LogP contribution in [0.1, 0.15) is 28.6 Å². The second-order valence-electron chi connectivity index (χ2n) is 4.65. The number of benzene rings is 1. The van der Waals surface area contributed by atoms with E-state index in [1.807, 2.05) is 26.0 Å². The van der Waals surface area contributed by atoms with Gasteiger partial charge in [-0.3, -0.25) is 4.98 Å². The van der Waals surface area contributed by atoms with Gasteiger partial charge < -0.3 is 5.73 Å². The van der Waals surface area contributed by atoms with Gasteiger partial charge in [0.25, 0.3) is 0 Å². The van der Waals surface area contributed by atoms with E-state index >= 15 is 0 Å². The molecule has 0 saturated heterocycles. The Morgan fingerprint density at radius 2 is 2.00 bits per heavy atom. The molecule has 0 radical (unpaired) electrons. The van der Waals surface area contributed by atoms with Crippen molar-refractivity contribution in [2.45, 2.75) is 26.3 Å². The van der Waals surface area contributed by atoms with Crippen LogP contribution in [0.25, 0.3) is 0 Å². The number of halogens is 2. The first kappa shape index (κ1) is 14.0. The molecule has 4 heteroatoms. The van der Waals surface area contributed by atoms with Crippen LogP contribution in [0.4, 0.5) is 4.39 Å². The maximum atomic E-state index is 13.4. The molecule has 100 valence electrons. The fraction of sp³-hybridized carbons (Fsp3) is 0.267. The maximum absolute atomic E-state index is 13.4. The van der Waals surface area contributed by atoms with Gasteiger partial charge in [-0.2, -0.15) is 0 Å². The third kappa shape index (κ3) is 3.11. The van der Waals surface area contributed by atoms with E-state index in [-0.39, 0.29) is 11.1 Å². The van der Waals surface area contributed by atoms with Crippen LogP contribution < -0.4 is 5.73 Å². The summed E-state index contributed by atoms with van der Waals surface area (Å²) in [5.41, 5.74) is 9.71. The minimum atomic E-state index is -0.412. The van der Waals surface area contributed by atoms with Gasteiger partial charge >= 0.3 is 0 Å². The molecular formula is C15H16ClFN2. The van der Waals surface area contributed by atoms with Crippen LogP contribution in [0.2, 0.25) is 5.02 Å². The molecule has 1 aromatic heterocycles. The van der Waals surface area contributed by atoms with E-state index < -0.39 is 5.82 Å². The number of aryl methyl sites for hydroxylation is 2. The molecule has 0 amide bonds. The van der Waals surface area contributed by atoms with Gasteiger partial charge in [0, 0.05) is 17.4 Å². The Kier molecular flexibility index (Phi) is 4.17. The molecule has 2 nitrogen and oxygen atoms in total. The lowest BCUT2D eigenvalue weighted by Crippen LogP contribution is -2.16. The number of nitrogens with zero attached hydrogens (tertiary/aromatic N) is 1. The van der Waals surface area contributed by atoms with Crippen molar-refractivity contribution in [1.82, 2.24) is 4.98 Å². The van der Waals surface area contributed by atoms with E-state index in [0.717, 1.165) is 17.0 Å². The van der Waals surface area contributed by atoms with Gasteiger partial charge in [-0.1, -0.05) is 29.8 Å². The number of nitrogens with two attached hydrogens (primary N) is 1. The summed E-state index contributed by atoms with van der Waals surface area (Å²) in [6, 6.07) is 8.43. The summed E-state index contributed by atoms with van der Waals surface area (Å²) in [6.07, 6.45) is 0.488. The van der Waals surface area contributed by atoms with Crippen LogP contribution in [0.5, 0.6) is 0 Å². The van der Waals surface area contributed by atoms with Crippen molar-refractivity contribution in [1.29, 1.82) is 0 Å². The molecule has 2 N–H and O–H groups in total. The van der Waals surface area contributed by atoms with Crippen LogP contribution in [0, 0.1) is 19.7 Å². The molecule has 2 aromatic rings. The Morgan fingerprint density at radius 1 is 1.26 bits per heavy atom. The average molecular weight is 279 g/mol. The summed E-state index contributed by atoms with van der Waals surface area (Å²) in [4.78, 5) is 4.39. The van der Waals surface area contributed by atoms with Gasteiger partial charge in [-0.15, -0.1) is 0 Å². The first-order valence-corrected chi connectivity index (χ1v) is 6.49. The predicted molar refractivity (Wildman–Crippen MR) is 75.8 cm³/mol. The highest BCUT2D eigenvalue weighted by atomic mass is 35.5. The van der Waals surface area contributed by atoms with Crippen molar-refractivity contribution in [3.05, 3.63) is 63.7 Å². The number of hydrogen-bond acceptors (Lipinski definition) is 2. The second kappa shape index (κ2) is 5.68. The second-order valence-corrected chi connectivity index (χ2v) is 5.03. The summed E-state index contributed by atoms with van der Waals surface area (Å²) in [5, 5.41) is 0.149. The van der Waals surface area contributed by atoms with Crippen LogP contribution in [-0.4, -0.2) is 4.98 Å². The van der Waals surface area contributed by atoms with Gasteiger partial charge in [0.2, 0.25) is 0 Å². The molecule has 0 aliphatic carbocycles. The topological polar surface area (TPSA) is 38.9 Å². The molecule has 0 bridgehead atoms. The van der Waals surface area contributed by atoms with Gasteiger partial charge in [0.15, 0.2) is 0 Å². The quantitative estimate of drug-likeness (QED) is 0.929. The summed E-state index contributed by atoms with van der Waals surface area (Å²) in [7, 11) is 0. The molecule has 0 aliphatic rings. The van der Waals surface area contributed by atoms with Crippen molar-refractivity contribution in [3.63, 3.8) is 0 Å². The van der Waals surface area contributed by atoms with E-state index in [4.69, 9.17) is 17.3 Å². The molecular weight excluding hydrogens is 263 g/mol. The Morgan fingerprint density at radius 3 is 2.68 bits per heavy atom. The summed E-state index contributed by atoms with van der Waals surface area (Å²) < 4.78 is 13.4. The van der Waals surface area contributed by atoms with E-state index in [0.29, 0.717) is 12.0 Å². The van der Waals surface area contributed by atoms with Crippen LogP contribution >= 0.6 is 11.6 Å². The van der Waals surface area contributed by atoms with Crippen molar-refractivity contribution in [2.24, 2.45) is 5.73 Å². The van der Waals surface area contributed by atoms with Crippen molar-refractivity contribution in [3.8, 4) is 0 Å². The largest absolute Gasteiger partial charge is 0.324 e. The monoisotopic (exact) mass is 278 g/mol. The Bertz CT molecular complexity index is 599. The summed E-state index contributed by atoms with van der Waals surface area (Å²) in [5.74, 6) is -0.412. The highest BCUT2D eigenvalue weighted by Gasteiger charge is 2.14. The molecule has 0 spiro atoms. The first-order chi connectivity index (χ1) is 8.99. The number of hydrogen-bond donors (Lipinski definition) is 1. The van der Waals surface area contributed by atoms with Gasteiger partial charge in [0.05, 0.1) is 5.02 Å². The number of aromatic nitrogens is 1.